The van der Waals surface area contributed by atoms with E-state index in [9.17, 15) is 9.90 Å². The van der Waals surface area contributed by atoms with Crippen molar-refractivity contribution < 1.29 is 37.9 Å². The van der Waals surface area contributed by atoms with E-state index in [0.717, 1.165) is 18.1 Å². The van der Waals surface area contributed by atoms with Crippen LogP contribution < -0.4 is 24.0 Å². The second-order valence-electron chi connectivity index (χ2n) is 7.67. The van der Waals surface area contributed by atoms with Gasteiger partial charge in [-0.3, -0.25) is 0 Å². The van der Waals surface area contributed by atoms with Gasteiger partial charge in [0.25, 0.3) is 0 Å². The number of hydrogen-bond acceptors (Lipinski definition) is 4. The van der Waals surface area contributed by atoms with Crippen LogP contribution in [0.15, 0.2) is 23.7 Å². The molecule has 0 aliphatic heterocycles. The minimum absolute atomic E-state index is 0. The fraction of sp³-hybridized carbons (Fsp3) is 0.737. The van der Waals surface area contributed by atoms with E-state index in [0.29, 0.717) is 5.76 Å². The molecule has 0 aromatic heterocycles. The average molecular weight is 363 g/mol. The van der Waals surface area contributed by atoms with Crippen molar-refractivity contribution in [1.82, 2.24) is 0 Å². The Balaban J connectivity index is 0. The fourth-order valence-electron chi connectivity index (χ4n) is 2.46. The largest absolute Gasteiger partial charge is 1.00 e. The average Bonchev–Trinajstić information content (AvgIpc) is 2.48. The summed E-state index contributed by atoms with van der Waals surface area (Å²) in [4.78, 5) is 12.3. The predicted molar refractivity (Wildman–Crippen MR) is 99.7 cm³/mol. The van der Waals surface area contributed by atoms with E-state index in [4.69, 9.17) is 9.16 Å². The summed E-state index contributed by atoms with van der Waals surface area (Å²) in [6, 6.07) is 2.81. The van der Waals surface area contributed by atoms with Gasteiger partial charge in [0.1, 0.15) is 5.60 Å². The van der Waals surface area contributed by atoms with Crippen LogP contribution in [-0.2, 0) is 14.0 Å². The summed E-state index contributed by atoms with van der Waals surface area (Å²) in [5.74, 6) is -0.110. The van der Waals surface area contributed by atoms with Crippen molar-refractivity contribution in [3.05, 3.63) is 23.7 Å². The summed E-state index contributed by atoms with van der Waals surface area (Å²) in [6.45, 7) is 17.1. The van der Waals surface area contributed by atoms with E-state index >= 15 is 0 Å². The number of carbonyl (C=O) groups is 1. The number of hydrogen-bond donors (Lipinski definition) is 0. The zero-order chi connectivity index (χ0) is 19.2. The summed E-state index contributed by atoms with van der Waals surface area (Å²) in [6.07, 6.45) is 2.90. The third kappa shape index (κ3) is 8.06. The van der Waals surface area contributed by atoms with Crippen molar-refractivity contribution >= 4 is 14.3 Å². The van der Waals surface area contributed by atoms with Crippen LogP contribution in [0.2, 0.25) is 18.1 Å². The third-order valence-electron chi connectivity index (χ3n) is 4.41. The Hall–Kier alpha value is -0.636. The Bertz CT molecular complexity index is 478. The normalized spacial score (nSPS) is 14.0. The molecule has 0 aromatic carbocycles. The third-order valence-corrected chi connectivity index (χ3v) is 8.93. The van der Waals surface area contributed by atoms with Gasteiger partial charge in [0.2, 0.25) is 8.32 Å². The summed E-state index contributed by atoms with van der Waals surface area (Å²) in [5, 5.41) is 12.4. The molecule has 4 nitrogen and oxygen atoms in total. The minimum Gasteiger partial charge on any atom is -0.875 e. The van der Waals surface area contributed by atoms with Gasteiger partial charge in [0, 0.05) is 5.41 Å². The number of rotatable bonds is 8. The van der Waals surface area contributed by atoms with Crippen molar-refractivity contribution in [2.24, 2.45) is 5.41 Å². The molecule has 0 aliphatic carbocycles. The molecule has 0 spiro atoms. The zero-order valence-corrected chi connectivity index (χ0v) is 18.9. The molecule has 0 amide bonds. The molecule has 0 aromatic rings. The van der Waals surface area contributed by atoms with Gasteiger partial charge in [-0.15, -0.1) is 5.76 Å². The topological polar surface area (TPSA) is 58.6 Å². The molecule has 0 heterocycles. The van der Waals surface area contributed by atoms with Gasteiger partial charge in [-0.2, -0.15) is 0 Å². The van der Waals surface area contributed by atoms with Crippen molar-refractivity contribution in [3.8, 4) is 0 Å². The van der Waals surface area contributed by atoms with E-state index in [-0.39, 0.29) is 24.6 Å². The molecular weight excluding hydrogens is 327 g/mol. The number of ether oxygens (including phenoxy) is 1. The standard InChI is InChI=1S/C19H36O4Si.Li/c1-10-15(20)19(8,9)16(14-17(21)22-18(5,6)7)23-24(11-2,12-3)13-4;/h10,14,20H,11-13H2,1-9H3;/q;+1/p-1/b15-10-,16-14-;. The second-order valence-corrected chi connectivity index (χ2v) is 12.4. The molecule has 0 atom stereocenters. The molecule has 0 saturated heterocycles. The van der Waals surface area contributed by atoms with Crippen LogP contribution in [0.4, 0.5) is 0 Å². The van der Waals surface area contributed by atoms with E-state index < -0.39 is 25.3 Å². The van der Waals surface area contributed by atoms with Gasteiger partial charge in [-0.1, -0.05) is 26.8 Å². The Morgan fingerprint density at radius 3 is 1.80 bits per heavy atom. The van der Waals surface area contributed by atoms with Crippen molar-refractivity contribution in [2.45, 2.75) is 86.0 Å². The summed E-state index contributed by atoms with van der Waals surface area (Å²) < 4.78 is 11.8. The molecule has 0 bridgehead atoms. The van der Waals surface area contributed by atoms with E-state index in [1.54, 1.807) is 20.8 Å². The van der Waals surface area contributed by atoms with E-state index in [1.165, 1.54) is 12.2 Å². The van der Waals surface area contributed by atoms with Crippen molar-refractivity contribution in [2.75, 3.05) is 0 Å². The summed E-state index contributed by atoms with van der Waals surface area (Å²) >= 11 is 0. The summed E-state index contributed by atoms with van der Waals surface area (Å²) in [5.41, 5.74) is -1.47. The maximum Gasteiger partial charge on any atom is 1.00 e. The van der Waals surface area contributed by atoms with E-state index in [1.807, 2.05) is 20.8 Å². The van der Waals surface area contributed by atoms with Gasteiger partial charge in [-0.25, -0.2) is 4.79 Å². The first-order chi connectivity index (χ1) is 10.9. The van der Waals surface area contributed by atoms with Crippen LogP contribution in [0.5, 0.6) is 0 Å². The van der Waals surface area contributed by atoms with Gasteiger partial charge >= 0.3 is 24.8 Å². The predicted octanol–water partition coefficient (Wildman–Crippen LogP) is 1.53. The smallest absolute Gasteiger partial charge is 0.875 e. The Kier molecular flexibility index (Phi) is 11.2. The zero-order valence-electron chi connectivity index (χ0n) is 17.9. The molecule has 6 heteroatoms. The molecular formula is C19H35LiO4Si. The van der Waals surface area contributed by atoms with E-state index in [2.05, 4.69) is 20.8 Å². The molecule has 0 aliphatic rings. The molecule has 140 valence electrons. The first-order valence-corrected chi connectivity index (χ1v) is 11.4. The molecule has 25 heavy (non-hydrogen) atoms. The van der Waals surface area contributed by atoms with Crippen molar-refractivity contribution in [1.29, 1.82) is 0 Å². The van der Waals surface area contributed by atoms with Gasteiger partial charge in [-0.05, 0) is 59.7 Å². The van der Waals surface area contributed by atoms with Crippen LogP contribution >= 0.6 is 0 Å². The van der Waals surface area contributed by atoms with Crippen LogP contribution in [0, 0.1) is 5.41 Å². The molecule has 0 N–H and O–H groups in total. The van der Waals surface area contributed by atoms with Crippen LogP contribution in [-0.4, -0.2) is 19.9 Å². The molecule has 0 rings (SSSR count). The maximum atomic E-state index is 12.4. The summed E-state index contributed by atoms with van der Waals surface area (Å²) in [7, 11) is -2.02. The molecule has 0 radical (unpaired) electrons. The van der Waals surface area contributed by atoms with Gasteiger partial charge in [0.15, 0.2) is 0 Å². The Labute approximate surface area is 167 Å². The van der Waals surface area contributed by atoms with Crippen LogP contribution in [0.25, 0.3) is 0 Å². The molecule has 0 fully saturated rings. The maximum absolute atomic E-state index is 12.4. The monoisotopic (exact) mass is 362 g/mol. The first-order valence-electron chi connectivity index (χ1n) is 8.85. The first kappa shape index (κ1) is 26.6. The second kappa shape index (κ2) is 10.5. The number of esters is 1. The SMILES string of the molecule is C/C=C(\[O-])C(C)(C)/C(=C/C(=O)OC(C)(C)C)O[Si](CC)(CC)CC.[Li+]. The quantitative estimate of drug-likeness (QED) is 0.284. The van der Waals surface area contributed by atoms with Crippen molar-refractivity contribution in [3.63, 3.8) is 0 Å². The Morgan fingerprint density at radius 2 is 1.48 bits per heavy atom. The molecule has 0 saturated carbocycles. The fourth-order valence-corrected chi connectivity index (χ4v) is 5.17. The van der Waals surface area contributed by atoms with Crippen LogP contribution in [0.3, 0.4) is 0 Å². The van der Waals surface area contributed by atoms with Gasteiger partial charge in [0.05, 0.1) is 11.8 Å². The number of allylic oxidation sites excluding steroid dienone is 1. The number of carbonyl (C=O) groups excluding carboxylic acids is 1. The van der Waals surface area contributed by atoms with Gasteiger partial charge < -0.3 is 14.3 Å². The minimum atomic E-state index is -2.02. The molecule has 0 unspecified atom stereocenters. The van der Waals surface area contributed by atoms with Crippen LogP contribution in [0.1, 0.15) is 62.3 Å². The Morgan fingerprint density at radius 1 is 1.04 bits per heavy atom.